The Bertz CT molecular complexity index is 700. The van der Waals surface area contributed by atoms with Crippen LogP contribution in [0.1, 0.15) is 31.2 Å². The van der Waals surface area contributed by atoms with Crippen LogP contribution in [0.3, 0.4) is 0 Å². The van der Waals surface area contributed by atoms with Crippen LogP contribution in [0, 0.1) is 26.9 Å². The van der Waals surface area contributed by atoms with Crippen molar-refractivity contribution in [2.45, 2.75) is 31.5 Å². The number of nitrogens with zero attached hydrogens (tertiary/aromatic N) is 2. The molecule has 1 N–H and O–H groups in total. The lowest BCUT2D eigenvalue weighted by atomic mass is 9.72. The van der Waals surface area contributed by atoms with Crippen LogP contribution in [-0.4, -0.2) is 37.1 Å². The molecule has 1 saturated carbocycles. The molecule has 0 radical (unpaired) electrons. The number of halogens is 1. The van der Waals surface area contributed by atoms with Gasteiger partial charge < -0.3 is 14.8 Å². The van der Waals surface area contributed by atoms with E-state index in [9.17, 15) is 14.5 Å². The van der Waals surface area contributed by atoms with Crippen LogP contribution in [0.2, 0.25) is 0 Å². The Morgan fingerprint density at radius 3 is 2.76 bits per heavy atom. The number of benzene rings is 1. The molecule has 1 aliphatic carbocycles. The number of nitro groups is 1. The lowest BCUT2D eigenvalue weighted by Gasteiger charge is -2.43. The molecule has 2 fully saturated rings. The van der Waals surface area contributed by atoms with Gasteiger partial charge in [-0.1, -0.05) is 0 Å². The van der Waals surface area contributed by atoms with Crippen LogP contribution in [-0.2, 0) is 9.47 Å². The summed E-state index contributed by atoms with van der Waals surface area (Å²) in [7, 11) is 0. The second kappa shape index (κ2) is 6.94. The van der Waals surface area contributed by atoms with Gasteiger partial charge in [0, 0.05) is 30.9 Å². The predicted molar refractivity (Wildman–Crippen MR) is 87.8 cm³/mol. The third kappa shape index (κ3) is 3.57. The second-order valence-electron chi connectivity index (χ2n) is 6.73. The van der Waals surface area contributed by atoms with Crippen LogP contribution in [0.5, 0.6) is 0 Å². The highest BCUT2D eigenvalue weighted by atomic mass is 19.1. The van der Waals surface area contributed by atoms with Gasteiger partial charge >= 0.3 is 0 Å². The maximum atomic E-state index is 13.9. The lowest BCUT2D eigenvalue weighted by Crippen LogP contribution is -2.46. The minimum atomic E-state index is -0.730. The van der Waals surface area contributed by atoms with E-state index < -0.39 is 22.8 Å². The van der Waals surface area contributed by atoms with E-state index in [1.54, 1.807) is 0 Å². The van der Waals surface area contributed by atoms with Crippen LogP contribution in [0.25, 0.3) is 0 Å². The smallest absolute Gasteiger partial charge is 0.292 e. The Labute approximate surface area is 144 Å². The van der Waals surface area contributed by atoms with Crippen LogP contribution in [0.15, 0.2) is 18.2 Å². The maximum Gasteiger partial charge on any atom is 0.292 e. The number of ether oxygens (including phenoxy) is 2. The molecule has 0 bridgehead atoms. The number of anilines is 1. The summed E-state index contributed by atoms with van der Waals surface area (Å²) >= 11 is 0. The Balaban J connectivity index is 1.79. The van der Waals surface area contributed by atoms with Crippen molar-refractivity contribution in [3.05, 3.63) is 33.9 Å². The second-order valence-corrected chi connectivity index (χ2v) is 6.73. The SMILES string of the molecule is N#Cc1ccc([N+](=O)[O-])c(NCC2(CF)CCCC3(C2)OCCO3)c1. The Morgan fingerprint density at radius 1 is 1.36 bits per heavy atom. The first-order valence-corrected chi connectivity index (χ1v) is 8.28. The number of nitriles is 1. The van der Waals surface area contributed by atoms with Crippen molar-refractivity contribution in [2.24, 2.45) is 5.41 Å². The first-order valence-electron chi connectivity index (χ1n) is 8.28. The van der Waals surface area contributed by atoms with Crippen molar-refractivity contribution in [1.29, 1.82) is 5.26 Å². The maximum absolute atomic E-state index is 13.9. The molecule has 1 saturated heterocycles. The van der Waals surface area contributed by atoms with Crippen molar-refractivity contribution in [3.8, 4) is 6.07 Å². The van der Waals surface area contributed by atoms with Gasteiger partial charge in [0.15, 0.2) is 5.79 Å². The van der Waals surface area contributed by atoms with Gasteiger partial charge in [0.1, 0.15) is 5.69 Å². The zero-order valence-electron chi connectivity index (χ0n) is 13.8. The summed E-state index contributed by atoms with van der Waals surface area (Å²) in [4.78, 5) is 10.7. The molecule has 1 aromatic rings. The van der Waals surface area contributed by atoms with E-state index in [0.29, 0.717) is 31.6 Å². The van der Waals surface area contributed by atoms with Gasteiger partial charge in [-0.3, -0.25) is 14.5 Å². The molecule has 3 rings (SSSR count). The van der Waals surface area contributed by atoms with Gasteiger partial charge in [0.25, 0.3) is 5.69 Å². The molecule has 1 aliphatic heterocycles. The molecule has 1 spiro atoms. The quantitative estimate of drug-likeness (QED) is 0.648. The highest BCUT2D eigenvalue weighted by Crippen LogP contribution is 2.46. The fourth-order valence-corrected chi connectivity index (χ4v) is 3.73. The van der Waals surface area contributed by atoms with Gasteiger partial charge in [-0.25, -0.2) is 0 Å². The summed E-state index contributed by atoms with van der Waals surface area (Å²) in [5.41, 5.74) is -0.305. The zero-order chi connectivity index (χ0) is 17.9. The molecule has 1 heterocycles. The number of hydrogen-bond donors (Lipinski definition) is 1. The predicted octanol–water partition coefficient (Wildman–Crippen LogP) is 3.15. The summed E-state index contributed by atoms with van der Waals surface area (Å²) in [6.07, 6.45) is 2.57. The molecule has 1 atom stereocenters. The summed E-state index contributed by atoms with van der Waals surface area (Å²) in [5, 5.41) is 23.2. The Kier molecular flexibility index (Phi) is 4.88. The third-order valence-electron chi connectivity index (χ3n) is 4.98. The Morgan fingerprint density at radius 2 is 2.12 bits per heavy atom. The van der Waals surface area contributed by atoms with E-state index in [0.717, 1.165) is 12.8 Å². The molecule has 0 aromatic heterocycles. The average Bonchev–Trinajstić information content (AvgIpc) is 3.07. The van der Waals surface area contributed by atoms with Gasteiger partial charge in [0.05, 0.1) is 36.4 Å². The van der Waals surface area contributed by atoms with E-state index in [2.05, 4.69) is 5.32 Å². The molecule has 134 valence electrons. The number of alkyl halides is 1. The summed E-state index contributed by atoms with van der Waals surface area (Å²) in [6, 6.07) is 6.06. The largest absolute Gasteiger partial charge is 0.379 e. The molecular formula is C17H20FN3O4. The molecule has 1 unspecified atom stereocenters. The van der Waals surface area contributed by atoms with Gasteiger partial charge in [-0.2, -0.15) is 5.26 Å². The number of hydrogen-bond acceptors (Lipinski definition) is 6. The van der Waals surface area contributed by atoms with Gasteiger partial charge in [0.2, 0.25) is 0 Å². The summed E-state index contributed by atoms with van der Waals surface area (Å²) in [5.74, 6) is -0.730. The fourth-order valence-electron chi connectivity index (χ4n) is 3.73. The highest BCUT2D eigenvalue weighted by Gasteiger charge is 2.48. The first kappa shape index (κ1) is 17.6. The monoisotopic (exact) mass is 349 g/mol. The molecule has 25 heavy (non-hydrogen) atoms. The molecular weight excluding hydrogens is 329 g/mol. The first-order chi connectivity index (χ1) is 12.0. The normalized spacial score (nSPS) is 24.8. The molecule has 0 amide bonds. The fraction of sp³-hybridized carbons (Fsp3) is 0.588. The van der Waals surface area contributed by atoms with Crippen molar-refractivity contribution >= 4 is 11.4 Å². The molecule has 2 aliphatic rings. The minimum Gasteiger partial charge on any atom is -0.379 e. The van der Waals surface area contributed by atoms with Gasteiger partial charge in [-0.15, -0.1) is 0 Å². The lowest BCUT2D eigenvalue weighted by molar-refractivity contribution is -0.384. The minimum absolute atomic E-state index is 0.133. The number of nitro benzene ring substituents is 1. The molecule has 8 heteroatoms. The number of nitrogens with one attached hydrogen (secondary N) is 1. The van der Waals surface area contributed by atoms with Crippen LogP contribution in [0.4, 0.5) is 15.8 Å². The Hall–Kier alpha value is -2.24. The van der Waals surface area contributed by atoms with E-state index in [4.69, 9.17) is 14.7 Å². The van der Waals surface area contributed by atoms with Crippen molar-refractivity contribution in [2.75, 3.05) is 31.7 Å². The highest BCUT2D eigenvalue weighted by molar-refractivity contribution is 5.64. The standard InChI is InChI=1S/C17H20FN3O4/c18-11-16(4-1-5-17(10-16)24-6-7-25-17)12-20-14-8-13(9-19)2-3-15(14)21(22)23/h2-3,8,20H,1,4-7,10-12H2. The molecule has 7 nitrogen and oxygen atoms in total. The zero-order valence-corrected chi connectivity index (χ0v) is 13.8. The van der Waals surface area contributed by atoms with E-state index in [-0.39, 0.29) is 17.9 Å². The third-order valence-corrected chi connectivity index (χ3v) is 4.98. The van der Waals surface area contributed by atoms with Crippen molar-refractivity contribution in [1.82, 2.24) is 0 Å². The van der Waals surface area contributed by atoms with Crippen molar-refractivity contribution in [3.63, 3.8) is 0 Å². The summed E-state index contributed by atoms with van der Waals surface area (Å²) in [6.45, 7) is 0.658. The van der Waals surface area contributed by atoms with E-state index >= 15 is 0 Å². The molecule has 1 aromatic carbocycles. The van der Waals surface area contributed by atoms with Gasteiger partial charge in [-0.05, 0) is 25.0 Å². The van der Waals surface area contributed by atoms with Crippen molar-refractivity contribution < 1.29 is 18.8 Å². The average molecular weight is 349 g/mol. The van der Waals surface area contributed by atoms with E-state index in [1.807, 2.05) is 6.07 Å². The van der Waals surface area contributed by atoms with Crippen LogP contribution < -0.4 is 5.32 Å². The number of rotatable bonds is 5. The summed E-state index contributed by atoms with van der Waals surface area (Å²) < 4.78 is 25.4. The van der Waals surface area contributed by atoms with E-state index in [1.165, 1.54) is 18.2 Å². The van der Waals surface area contributed by atoms with Crippen LogP contribution >= 0.6 is 0 Å². The topological polar surface area (TPSA) is 97.4 Å².